The molecule has 0 radical (unpaired) electrons. The van der Waals surface area contributed by atoms with Crippen molar-refractivity contribution in [2.75, 3.05) is 10.6 Å². The zero-order valence-corrected chi connectivity index (χ0v) is 10.2. The van der Waals surface area contributed by atoms with E-state index in [-0.39, 0.29) is 11.4 Å². The Hall–Kier alpha value is -2.03. The van der Waals surface area contributed by atoms with E-state index in [0.29, 0.717) is 11.4 Å². The number of fused-ring (bicyclic) bond motifs is 4. The molecule has 96 valence electrons. The SMILES string of the molecule is O=C1c2ccccc2C2(O)Nc3nsnc3NC12O. The first-order chi connectivity index (χ1) is 9.06. The summed E-state index contributed by atoms with van der Waals surface area (Å²) in [6.45, 7) is 0. The molecule has 1 aliphatic carbocycles. The van der Waals surface area contributed by atoms with Gasteiger partial charge in [0.15, 0.2) is 11.6 Å². The number of carbonyl (C=O) groups excluding carboxylic acids is 1. The molecule has 1 aromatic carbocycles. The third kappa shape index (κ3) is 1.07. The minimum atomic E-state index is -2.18. The second-order valence-corrected chi connectivity index (χ2v) is 5.04. The topological polar surface area (TPSA) is 107 Å². The number of hydrogen-bond donors (Lipinski definition) is 4. The van der Waals surface area contributed by atoms with Gasteiger partial charge in [0.1, 0.15) is 0 Å². The lowest BCUT2D eigenvalue weighted by atomic mass is 9.96. The molecule has 1 aromatic heterocycles. The van der Waals surface area contributed by atoms with E-state index in [9.17, 15) is 15.0 Å². The van der Waals surface area contributed by atoms with E-state index in [1.807, 2.05) is 0 Å². The summed E-state index contributed by atoms with van der Waals surface area (Å²) in [4.78, 5) is 12.3. The summed E-state index contributed by atoms with van der Waals surface area (Å²) < 4.78 is 7.89. The molecule has 2 unspecified atom stereocenters. The molecule has 8 heteroatoms. The van der Waals surface area contributed by atoms with Gasteiger partial charge in [-0.25, -0.2) is 0 Å². The molecule has 0 fully saturated rings. The Kier molecular flexibility index (Phi) is 1.77. The highest BCUT2D eigenvalue weighted by atomic mass is 32.1. The first kappa shape index (κ1) is 10.9. The van der Waals surface area contributed by atoms with Gasteiger partial charge in [-0.15, -0.1) is 0 Å². The molecular weight excluding hydrogens is 268 g/mol. The van der Waals surface area contributed by atoms with E-state index in [1.165, 1.54) is 0 Å². The number of aliphatic hydroxyl groups is 2. The number of ketones is 1. The molecule has 2 heterocycles. The van der Waals surface area contributed by atoms with E-state index < -0.39 is 17.2 Å². The van der Waals surface area contributed by atoms with Gasteiger partial charge in [-0.2, -0.15) is 8.75 Å². The van der Waals surface area contributed by atoms with Crippen molar-refractivity contribution in [1.82, 2.24) is 8.75 Å². The zero-order valence-electron chi connectivity index (χ0n) is 9.41. The zero-order chi connectivity index (χ0) is 13.3. The summed E-state index contributed by atoms with van der Waals surface area (Å²) in [6, 6.07) is 6.51. The van der Waals surface area contributed by atoms with Gasteiger partial charge in [-0.1, -0.05) is 24.3 Å². The first-order valence-corrected chi connectivity index (χ1v) is 6.27. The fourth-order valence-corrected chi connectivity index (χ4v) is 3.02. The van der Waals surface area contributed by atoms with Crippen LogP contribution >= 0.6 is 11.7 Å². The number of hydrogen-bond acceptors (Lipinski definition) is 8. The molecular formula is C11H8N4O3S. The average molecular weight is 276 g/mol. The molecule has 2 atom stereocenters. The van der Waals surface area contributed by atoms with Crippen LogP contribution in [-0.2, 0) is 5.72 Å². The third-order valence-electron chi connectivity index (χ3n) is 3.50. The number of carbonyl (C=O) groups is 1. The number of aromatic nitrogens is 2. The van der Waals surface area contributed by atoms with Crippen molar-refractivity contribution in [3.05, 3.63) is 35.4 Å². The van der Waals surface area contributed by atoms with Crippen LogP contribution in [0.5, 0.6) is 0 Å². The maximum absolute atomic E-state index is 12.3. The van der Waals surface area contributed by atoms with Gasteiger partial charge in [0.05, 0.1) is 11.7 Å². The minimum Gasteiger partial charge on any atom is -0.363 e. The van der Waals surface area contributed by atoms with Crippen LogP contribution in [0.15, 0.2) is 24.3 Å². The predicted molar refractivity (Wildman–Crippen MR) is 66.8 cm³/mol. The van der Waals surface area contributed by atoms with Crippen molar-refractivity contribution < 1.29 is 15.0 Å². The lowest BCUT2D eigenvalue weighted by Gasteiger charge is -2.41. The van der Waals surface area contributed by atoms with Crippen molar-refractivity contribution in [3.8, 4) is 0 Å². The summed E-state index contributed by atoms with van der Waals surface area (Å²) in [5.41, 5.74) is -3.56. The second kappa shape index (κ2) is 3.10. The Bertz CT molecular complexity index is 717. The molecule has 0 amide bonds. The largest absolute Gasteiger partial charge is 0.363 e. The van der Waals surface area contributed by atoms with Crippen LogP contribution in [0.2, 0.25) is 0 Å². The Morgan fingerprint density at radius 2 is 1.68 bits per heavy atom. The smallest absolute Gasteiger partial charge is 0.255 e. The first-order valence-electron chi connectivity index (χ1n) is 5.54. The number of Topliss-reactive ketones (excluding diaryl/α,β-unsaturated/α-hetero) is 1. The van der Waals surface area contributed by atoms with Gasteiger partial charge in [0, 0.05) is 11.1 Å². The van der Waals surface area contributed by atoms with Crippen LogP contribution in [0.25, 0.3) is 0 Å². The molecule has 4 N–H and O–H groups in total. The summed E-state index contributed by atoms with van der Waals surface area (Å²) in [5.74, 6) is -0.0447. The summed E-state index contributed by atoms with van der Waals surface area (Å²) in [5, 5.41) is 26.6. The van der Waals surface area contributed by atoms with Crippen molar-refractivity contribution in [3.63, 3.8) is 0 Å². The third-order valence-corrected chi connectivity index (χ3v) is 4.03. The van der Waals surface area contributed by atoms with Gasteiger partial charge in [0.2, 0.25) is 11.5 Å². The number of benzene rings is 1. The van der Waals surface area contributed by atoms with Crippen molar-refractivity contribution in [2.45, 2.75) is 11.4 Å². The van der Waals surface area contributed by atoms with Crippen LogP contribution in [0.1, 0.15) is 15.9 Å². The van der Waals surface area contributed by atoms with Crippen LogP contribution in [0.3, 0.4) is 0 Å². The molecule has 0 saturated heterocycles. The Morgan fingerprint density at radius 1 is 1.05 bits per heavy atom. The number of nitrogens with zero attached hydrogens (tertiary/aromatic N) is 2. The molecule has 19 heavy (non-hydrogen) atoms. The van der Waals surface area contributed by atoms with Crippen molar-refractivity contribution >= 4 is 29.1 Å². The van der Waals surface area contributed by atoms with Gasteiger partial charge < -0.3 is 20.8 Å². The van der Waals surface area contributed by atoms with E-state index in [0.717, 1.165) is 11.7 Å². The van der Waals surface area contributed by atoms with Gasteiger partial charge in [-0.3, -0.25) is 4.79 Å². The highest BCUT2D eigenvalue weighted by Gasteiger charge is 2.66. The van der Waals surface area contributed by atoms with E-state index >= 15 is 0 Å². The van der Waals surface area contributed by atoms with Gasteiger partial charge in [-0.05, 0) is 0 Å². The standard InChI is InChI=1S/C11H8N4O3S/c16-7-5-3-1-2-4-6(5)10(17)11(7,18)13-9-8(12-10)14-19-15-9/h1-4,17-18H,(H,12,14)(H,13,15). The quantitative estimate of drug-likeness (QED) is 0.540. The van der Waals surface area contributed by atoms with Crippen LogP contribution < -0.4 is 10.6 Å². The molecule has 2 aliphatic rings. The summed E-state index contributed by atoms with van der Waals surface area (Å²) >= 11 is 0.915. The molecule has 0 saturated carbocycles. The van der Waals surface area contributed by atoms with Crippen LogP contribution in [0, 0.1) is 0 Å². The Labute approximate surface area is 111 Å². The van der Waals surface area contributed by atoms with Crippen LogP contribution in [-0.4, -0.2) is 30.5 Å². The normalized spacial score (nSPS) is 30.9. The highest BCUT2D eigenvalue weighted by Crippen LogP contribution is 2.48. The average Bonchev–Trinajstić information content (AvgIpc) is 2.90. The van der Waals surface area contributed by atoms with Gasteiger partial charge >= 0.3 is 0 Å². The van der Waals surface area contributed by atoms with Crippen molar-refractivity contribution in [1.29, 1.82) is 0 Å². The number of anilines is 2. The fraction of sp³-hybridized carbons (Fsp3) is 0.182. The maximum atomic E-state index is 12.3. The molecule has 4 rings (SSSR count). The second-order valence-electron chi connectivity index (χ2n) is 4.51. The molecule has 2 aromatic rings. The van der Waals surface area contributed by atoms with Crippen molar-refractivity contribution in [2.24, 2.45) is 0 Å². The Morgan fingerprint density at radius 3 is 2.42 bits per heavy atom. The van der Waals surface area contributed by atoms with Crippen LogP contribution in [0.4, 0.5) is 11.6 Å². The van der Waals surface area contributed by atoms with E-state index in [2.05, 4.69) is 19.4 Å². The molecule has 0 spiro atoms. The molecule has 0 bridgehead atoms. The Balaban J connectivity index is 2.01. The summed E-state index contributed by atoms with van der Waals surface area (Å²) in [6.07, 6.45) is 0. The lowest BCUT2D eigenvalue weighted by Crippen LogP contribution is -2.63. The number of nitrogens with one attached hydrogen (secondary N) is 2. The fourth-order valence-electron chi connectivity index (χ4n) is 2.55. The number of rotatable bonds is 0. The van der Waals surface area contributed by atoms with Gasteiger partial charge in [0.25, 0.3) is 5.72 Å². The maximum Gasteiger partial charge on any atom is 0.255 e. The predicted octanol–water partition coefficient (Wildman–Crippen LogP) is 0.106. The van der Waals surface area contributed by atoms with E-state index in [4.69, 9.17) is 0 Å². The minimum absolute atomic E-state index is 0.248. The highest BCUT2D eigenvalue weighted by molar-refractivity contribution is 6.99. The monoisotopic (exact) mass is 276 g/mol. The molecule has 7 nitrogen and oxygen atoms in total. The summed E-state index contributed by atoms with van der Waals surface area (Å²) in [7, 11) is 0. The van der Waals surface area contributed by atoms with E-state index in [1.54, 1.807) is 24.3 Å². The molecule has 1 aliphatic heterocycles. The lowest BCUT2D eigenvalue weighted by molar-refractivity contribution is -0.0917.